The van der Waals surface area contributed by atoms with Crippen molar-refractivity contribution < 1.29 is 35.9 Å². The van der Waals surface area contributed by atoms with Crippen LogP contribution in [0.1, 0.15) is 23.7 Å². The van der Waals surface area contributed by atoms with Gasteiger partial charge in [-0.3, -0.25) is 9.52 Å². The number of methoxy groups -OCH3 is 1. The van der Waals surface area contributed by atoms with Gasteiger partial charge in [0.1, 0.15) is 10.6 Å². The van der Waals surface area contributed by atoms with E-state index in [0.717, 1.165) is 6.07 Å². The zero-order chi connectivity index (χ0) is 22.8. The predicted molar refractivity (Wildman–Crippen MR) is 112 cm³/mol. The number of rotatable bonds is 7. The first-order valence-corrected chi connectivity index (χ1v) is 12.2. The summed E-state index contributed by atoms with van der Waals surface area (Å²) >= 11 is 0. The van der Waals surface area contributed by atoms with Crippen LogP contribution in [-0.2, 0) is 29.6 Å². The minimum atomic E-state index is -4.28. The number of sulfonamides is 2. The van der Waals surface area contributed by atoms with E-state index in [9.17, 15) is 26.4 Å². The van der Waals surface area contributed by atoms with E-state index in [0.29, 0.717) is 4.31 Å². The zero-order valence-corrected chi connectivity index (χ0v) is 18.3. The fourth-order valence-electron chi connectivity index (χ4n) is 3.01. The first kappa shape index (κ1) is 22.6. The Labute approximate surface area is 179 Å². The highest BCUT2D eigenvalue weighted by molar-refractivity contribution is 7.94. The average molecular weight is 469 g/mol. The molecule has 0 spiro atoms. The second-order valence-electron chi connectivity index (χ2n) is 6.47. The molecule has 1 fully saturated rings. The zero-order valence-electron chi connectivity index (χ0n) is 16.7. The second-order valence-corrected chi connectivity index (χ2v) is 10.1. The van der Waals surface area contributed by atoms with Crippen molar-refractivity contribution in [3.63, 3.8) is 0 Å². The molecule has 1 amide bonds. The topological polar surface area (TPSA) is 136 Å². The Hall–Kier alpha value is -3.12. The lowest BCUT2D eigenvalue weighted by atomic mass is 10.2. The predicted octanol–water partition coefficient (Wildman–Crippen LogP) is 1.74. The summed E-state index contributed by atoms with van der Waals surface area (Å²) < 4.78 is 63.6. The van der Waals surface area contributed by atoms with Crippen molar-refractivity contribution in [1.29, 1.82) is 0 Å². The van der Waals surface area contributed by atoms with E-state index < -0.39 is 31.9 Å². The molecule has 0 radical (unpaired) electrons. The van der Waals surface area contributed by atoms with Gasteiger partial charge in [0.15, 0.2) is 0 Å². The first-order chi connectivity index (χ1) is 14.6. The van der Waals surface area contributed by atoms with Gasteiger partial charge in [0.05, 0.1) is 30.7 Å². The van der Waals surface area contributed by atoms with E-state index in [1.807, 2.05) is 0 Å². The Bertz CT molecular complexity index is 1240. The van der Waals surface area contributed by atoms with Crippen LogP contribution in [0.5, 0.6) is 5.75 Å². The van der Waals surface area contributed by atoms with Crippen LogP contribution in [0, 0.1) is 0 Å². The number of anilines is 2. The molecule has 1 N–H and O–H groups in total. The molecule has 1 aliphatic rings. The monoisotopic (exact) mass is 468 g/mol. The van der Waals surface area contributed by atoms with Crippen molar-refractivity contribution in [3.8, 4) is 5.75 Å². The molecule has 1 heterocycles. The van der Waals surface area contributed by atoms with Gasteiger partial charge in [-0.1, -0.05) is 6.07 Å². The minimum absolute atomic E-state index is 0.0214. The lowest BCUT2D eigenvalue weighted by Gasteiger charge is -2.18. The molecule has 31 heavy (non-hydrogen) atoms. The van der Waals surface area contributed by atoms with E-state index in [1.54, 1.807) is 6.92 Å². The number of nitrogens with zero attached hydrogens (tertiary/aromatic N) is 1. The molecule has 10 nitrogen and oxygen atoms in total. The molecule has 0 unspecified atom stereocenters. The Kier molecular flexibility index (Phi) is 6.23. The highest BCUT2D eigenvalue weighted by atomic mass is 32.2. The lowest BCUT2D eigenvalue weighted by molar-refractivity contribution is -0.116. The third-order valence-corrected chi connectivity index (χ3v) is 7.46. The van der Waals surface area contributed by atoms with Gasteiger partial charge in [0.2, 0.25) is 15.9 Å². The van der Waals surface area contributed by atoms with Gasteiger partial charge < -0.3 is 9.47 Å². The van der Waals surface area contributed by atoms with E-state index in [2.05, 4.69) is 9.46 Å². The number of carbonyl (C=O) groups is 2. The molecular weight excluding hydrogens is 448 g/mol. The van der Waals surface area contributed by atoms with Crippen LogP contribution in [0.4, 0.5) is 11.4 Å². The van der Waals surface area contributed by atoms with Crippen LogP contribution in [0.2, 0.25) is 0 Å². The van der Waals surface area contributed by atoms with Gasteiger partial charge in [-0.05, 0) is 43.3 Å². The number of hydrogen-bond donors (Lipinski definition) is 1. The normalized spacial score (nSPS) is 15.5. The third-order valence-electron chi connectivity index (χ3n) is 4.37. The first-order valence-electron chi connectivity index (χ1n) is 9.13. The van der Waals surface area contributed by atoms with Crippen LogP contribution in [-0.4, -0.2) is 48.2 Å². The van der Waals surface area contributed by atoms with Crippen LogP contribution >= 0.6 is 0 Å². The van der Waals surface area contributed by atoms with E-state index in [-0.39, 0.29) is 46.4 Å². The molecule has 12 heteroatoms. The van der Waals surface area contributed by atoms with Crippen molar-refractivity contribution in [2.24, 2.45) is 0 Å². The quantitative estimate of drug-likeness (QED) is 0.607. The van der Waals surface area contributed by atoms with E-state index in [1.165, 1.54) is 43.5 Å². The van der Waals surface area contributed by atoms with Gasteiger partial charge in [-0.2, -0.15) is 0 Å². The largest absolute Gasteiger partial charge is 0.492 e. The van der Waals surface area contributed by atoms with Gasteiger partial charge in [-0.25, -0.2) is 25.9 Å². The number of benzene rings is 2. The van der Waals surface area contributed by atoms with Crippen molar-refractivity contribution in [2.75, 3.05) is 28.5 Å². The van der Waals surface area contributed by atoms with E-state index >= 15 is 0 Å². The van der Waals surface area contributed by atoms with Gasteiger partial charge in [0.25, 0.3) is 10.0 Å². The van der Waals surface area contributed by atoms with Crippen LogP contribution in [0.15, 0.2) is 47.4 Å². The van der Waals surface area contributed by atoms with Crippen LogP contribution in [0.25, 0.3) is 0 Å². The fourth-order valence-corrected chi connectivity index (χ4v) is 5.68. The summed E-state index contributed by atoms with van der Waals surface area (Å²) in [5.74, 6) is -1.66. The molecule has 3 rings (SSSR count). The summed E-state index contributed by atoms with van der Waals surface area (Å²) in [6, 6.07) is 9.32. The highest BCUT2D eigenvalue weighted by Gasteiger charge is 2.37. The molecule has 1 saturated heterocycles. The molecule has 0 saturated carbocycles. The number of esters is 1. The summed E-state index contributed by atoms with van der Waals surface area (Å²) in [6.45, 7) is 1.81. The Morgan fingerprint density at radius 1 is 1.19 bits per heavy atom. The Morgan fingerprint density at radius 3 is 2.55 bits per heavy atom. The van der Waals surface area contributed by atoms with Crippen molar-refractivity contribution in [3.05, 3.63) is 48.0 Å². The summed E-state index contributed by atoms with van der Waals surface area (Å²) in [7, 11) is -6.96. The summed E-state index contributed by atoms with van der Waals surface area (Å²) in [5, 5.41) is 0. The maximum atomic E-state index is 13.1. The average Bonchev–Trinajstić information content (AvgIpc) is 3.00. The SMILES string of the molecule is CCOc1ccc(N2C(=O)CCS2(=O)=O)cc1S(=O)(=O)Nc1cccc(C(=O)OC)c1. The third kappa shape index (κ3) is 4.64. The molecule has 0 bridgehead atoms. The van der Waals surface area contributed by atoms with Crippen LogP contribution in [0.3, 0.4) is 0 Å². The van der Waals surface area contributed by atoms with E-state index in [4.69, 9.17) is 4.74 Å². The maximum absolute atomic E-state index is 13.1. The molecule has 1 aliphatic heterocycles. The smallest absolute Gasteiger partial charge is 0.337 e. The molecule has 0 aromatic heterocycles. The van der Waals surface area contributed by atoms with Gasteiger partial charge in [0, 0.05) is 12.1 Å². The standard InChI is InChI=1S/C19H20N2O8S2/c1-3-29-16-8-7-15(21-18(22)9-10-30(21,24)25)12-17(16)31(26,27)20-14-6-4-5-13(11-14)19(23)28-2/h4-8,11-12,20H,3,9-10H2,1-2H3. The van der Waals surface area contributed by atoms with Crippen molar-refractivity contribution >= 4 is 43.3 Å². The molecule has 2 aromatic carbocycles. The van der Waals surface area contributed by atoms with Crippen molar-refractivity contribution in [2.45, 2.75) is 18.2 Å². The Morgan fingerprint density at radius 2 is 1.94 bits per heavy atom. The second kappa shape index (κ2) is 8.55. The number of amides is 1. The number of ether oxygens (including phenoxy) is 2. The number of hydrogen-bond acceptors (Lipinski definition) is 8. The van der Waals surface area contributed by atoms with Gasteiger partial charge in [-0.15, -0.1) is 0 Å². The summed E-state index contributed by atoms with van der Waals surface area (Å²) in [4.78, 5) is 23.4. The maximum Gasteiger partial charge on any atom is 0.337 e. The fraction of sp³-hybridized carbons (Fsp3) is 0.263. The van der Waals surface area contributed by atoms with Gasteiger partial charge >= 0.3 is 5.97 Å². The number of nitrogens with one attached hydrogen (secondary N) is 1. The van der Waals surface area contributed by atoms with Crippen LogP contribution < -0.4 is 13.8 Å². The molecule has 0 atom stereocenters. The summed E-state index contributed by atoms with van der Waals surface area (Å²) in [6.07, 6.45) is -0.184. The van der Waals surface area contributed by atoms with Crippen molar-refractivity contribution in [1.82, 2.24) is 0 Å². The Balaban J connectivity index is 2.05. The summed E-state index contributed by atoms with van der Waals surface area (Å²) in [5.41, 5.74) is 0.116. The molecule has 166 valence electrons. The minimum Gasteiger partial charge on any atom is -0.492 e. The number of carbonyl (C=O) groups excluding carboxylic acids is 2. The lowest BCUT2D eigenvalue weighted by Crippen LogP contribution is -2.29. The molecular formula is C19H20N2O8S2. The molecule has 2 aromatic rings. The highest BCUT2D eigenvalue weighted by Crippen LogP contribution is 2.33. The molecule has 0 aliphatic carbocycles.